The van der Waals surface area contributed by atoms with Gasteiger partial charge in [-0.2, -0.15) is 0 Å². The Hall–Kier alpha value is -0.670. The van der Waals surface area contributed by atoms with Gasteiger partial charge in [0.25, 0.3) is 0 Å². The third-order valence-corrected chi connectivity index (χ3v) is 3.12. The maximum Gasteiger partial charge on any atom is 0.166 e. The molecule has 3 heteroatoms. The van der Waals surface area contributed by atoms with Crippen LogP contribution in [0.15, 0.2) is 24.3 Å². The van der Waals surface area contributed by atoms with E-state index >= 15 is 0 Å². The van der Waals surface area contributed by atoms with Gasteiger partial charge in [0.1, 0.15) is 0 Å². The molecular weight excluding hydrogens is 266 g/mol. The van der Waals surface area contributed by atoms with Crippen LogP contribution in [0.25, 0.3) is 0 Å². The minimum absolute atomic E-state index is 0. The molecule has 0 aliphatic carbocycles. The van der Waals surface area contributed by atoms with Gasteiger partial charge in [0, 0.05) is 11.5 Å². The summed E-state index contributed by atoms with van der Waals surface area (Å²) in [6, 6.07) is 7.88. The van der Waals surface area contributed by atoms with Gasteiger partial charge in [-0.25, -0.2) is 0 Å². The highest BCUT2D eigenvalue weighted by molar-refractivity contribution is 8.93. The number of ketones is 1. The summed E-state index contributed by atoms with van der Waals surface area (Å²) in [5.74, 6) is 0.557. The molecule has 1 fully saturated rings. The largest absolute Gasteiger partial charge is 0.317 e. The van der Waals surface area contributed by atoms with E-state index in [2.05, 4.69) is 5.32 Å². The molecule has 1 aliphatic rings. The highest BCUT2D eigenvalue weighted by Gasteiger charge is 2.22. The van der Waals surface area contributed by atoms with Crippen LogP contribution in [0.5, 0.6) is 0 Å². The van der Waals surface area contributed by atoms with Gasteiger partial charge < -0.3 is 5.32 Å². The van der Waals surface area contributed by atoms with Crippen LogP contribution in [-0.4, -0.2) is 18.9 Å². The van der Waals surface area contributed by atoms with Gasteiger partial charge in [-0.05, 0) is 38.4 Å². The predicted molar refractivity (Wildman–Crippen MR) is 71.4 cm³/mol. The standard InChI is InChI=1S/C13H17NO.BrH/c1-10-4-2-3-5-12(10)13(15)11-6-8-14-9-7-11;/h2-5,11,14H,6-9H2,1H3;1H. The maximum atomic E-state index is 12.2. The zero-order valence-electron chi connectivity index (χ0n) is 9.53. The van der Waals surface area contributed by atoms with E-state index in [0.717, 1.165) is 37.1 Å². The second-order valence-electron chi connectivity index (χ2n) is 4.20. The molecule has 1 aliphatic heterocycles. The van der Waals surface area contributed by atoms with E-state index in [-0.39, 0.29) is 22.9 Å². The van der Waals surface area contributed by atoms with Crippen molar-refractivity contribution < 1.29 is 4.79 Å². The van der Waals surface area contributed by atoms with Crippen LogP contribution in [0.2, 0.25) is 0 Å². The molecule has 0 bridgehead atoms. The Morgan fingerprint density at radius 2 is 1.88 bits per heavy atom. The van der Waals surface area contributed by atoms with Gasteiger partial charge in [0.15, 0.2) is 5.78 Å². The fourth-order valence-electron chi connectivity index (χ4n) is 2.15. The fraction of sp³-hybridized carbons (Fsp3) is 0.462. The first-order valence-electron chi connectivity index (χ1n) is 5.59. The Labute approximate surface area is 107 Å². The van der Waals surface area contributed by atoms with E-state index in [9.17, 15) is 4.79 Å². The highest BCUT2D eigenvalue weighted by atomic mass is 79.9. The summed E-state index contributed by atoms with van der Waals surface area (Å²) in [5, 5.41) is 3.28. The second-order valence-corrected chi connectivity index (χ2v) is 4.20. The third kappa shape index (κ3) is 2.92. The molecule has 0 amide bonds. The second kappa shape index (κ2) is 6.16. The molecule has 1 aromatic carbocycles. The van der Waals surface area contributed by atoms with Crippen molar-refractivity contribution in [2.75, 3.05) is 13.1 Å². The average Bonchev–Trinajstić information content (AvgIpc) is 2.30. The summed E-state index contributed by atoms with van der Waals surface area (Å²) in [7, 11) is 0. The molecule has 1 heterocycles. The quantitative estimate of drug-likeness (QED) is 0.846. The molecule has 0 aromatic heterocycles. The van der Waals surface area contributed by atoms with Gasteiger partial charge in [0.2, 0.25) is 0 Å². The lowest BCUT2D eigenvalue weighted by molar-refractivity contribution is 0.0894. The van der Waals surface area contributed by atoms with Crippen molar-refractivity contribution in [3.8, 4) is 0 Å². The van der Waals surface area contributed by atoms with Gasteiger partial charge >= 0.3 is 0 Å². The number of hydrogen-bond acceptors (Lipinski definition) is 2. The fourth-order valence-corrected chi connectivity index (χ4v) is 2.15. The molecule has 1 N–H and O–H groups in total. The van der Waals surface area contributed by atoms with E-state index in [0.29, 0.717) is 5.78 Å². The van der Waals surface area contributed by atoms with Crippen LogP contribution >= 0.6 is 17.0 Å². The van der Waals surface area contributed by atoms with Crippen molar-refractivity contribution in [1.29, 1.82) is 0 Å². The number of halogens is 1. The normalized spacial score (nSPS) is 16.6. The first kappa shape index (κ1) is 13.4. The molecule has 88 valence electrons. The van der Waals surface area contributed by atoms with Crippen LogP contribution in [0, 0.1) is 12.8 Å². The summed E-state index contributed by atoms with van der Waals surface area (Å²) in [6.07, 6.45) is 1.96. The summed E-state index contributed by atoms with van der Waals surface area (Å²) in [4.78, 5) is 12.2. The summed E-state index contributed by atoms with van der Waals surface area (Å²) in [5.41, 5.74) is 2.01. The van der Waals surface area contributed by atoms with Crippen molar-refractivity contribution in [1.82, 2.24) is 5.32 Å². The topological polar surface area (TPSA) is 29.1 Å². The lowest BCUT2D eigenvalue weighted by Crippen LogP contribution is -2.32. The first-order valence-corrected chi connectivity index (χ1v) is 5.59. The highest BCUT2D eigenvalue weighted by Crippen LogP contribution is 2.20. The Balaban J connectivity index is 0.00000128. The minimum atomic E-state index is 0. The average molecular weight is 284 g/mol. The number of rotatable bonds is 2. The molecule has 0 unspecified atom stereocenters. The third-order valence-electron chi connectivity index (χ3n) is 3.12. The Bertz CT molecular complexity index is 359. The summed E-state index contributed by atoms with van der Waals surface area (Å²) in [6.45, 7) is 3.96. The van der Waals surface area contributed by atoms with E-state index in [1.807, 2.05) is 31.2 Å². The van der Waals surface area contributed by atoms with Gasteiger partial charge in [-0.15, -0.1) is 17.0 Å². The number of nitrogens with one attached hydrogen (secondary N) is 1. The number of aryl methyl sites for hydroxylation is 1. The van der Waals surface area contributed by atoms with Crippen LogP contribution in [0.4, 0.5) is 0 Å². The van der Waals surface area contributed by atoms with Crippen LogP contribution in [0.1, 0.15) is 28.8 Å². The van der Waals surface area contributed by atoms with Gasteiger partial charge in [0.05, 0.1) is 0 Å². The predicted octanol–water partition coefficient (Wildman–Crippen LogP) is 2.76. The van der Waals surface area contributed by atoms with Crippen molar-refractivity contribution >= 4 is 22.8 Å². The van der Waals surface area contributed by atoms with E-state index in [1.54, 1.807) is 0 Å². The lowest BCUT2D eigenvalue weighted by atomic mass is 9.88. The van der Waals surface area contributed by atoms with E-state index in [1.165, 1.54) is 0 Å². The SMILES string of the molecule is Br.Cc1ccccc1C(=O)C1CCNCC1. The maximum absolute atomic E-state index is 12.2. The molecule has 0 spiro atoms. The van der Waals surface area contributed by atoms with Crippen molar-refractivity contribution in [2.24, 2.45) is 5.92 Å². The molecule has 0 radical (unpaired) electrons. The van der Waals surface area contributed by atoms with Crippen molar-refractivity contribution in [3.05, 3.63) is 35.4 Å². The van der Waals surface area contributed by atoms with Crippen LogP contribution < -0.4 is 5.32 Å². The Kier molecular flexibility index (Phi) is 5.16. The summed E-state index contributed by atoms with van der Waals surface area (Å²) < 4.78 is 0. The van der Waals surface area contributed by atoms with Crippen LogP contribution in [-0.2, 0) is 0 Å². The van der Waals surface area contributed by atoms with Gasteiger partial charge in [-0.1, -0.05) is 24.3 Å². The number of carbonyl (C=O) groups excluding carboxylic acids is 1. The minimum Gasteiger partial charge on any atom is -0.317 e. The number of carbonyl (C=O) groups is 1. The van der Waals surface area contributed by atoms with Gasteiger partial charge in [-0.3, -0.25) is 4.79 Å². The summed E-state index contributed by atoms with van der Waals surface area (Å²) >= 11 is 0. The van der Waals surface area contributed by atoms with E-state index < -0.39 is 0 Å². The van der Waals surface area contributed by atoms with Crippen LogP contribution in [0.3, 0.4) is 0 Å². The van der Waals surface area contributed by atoms with Crippen molar-refractivity contribution in [3.63, 3.8) is 0 Å². The molecule has 2 nitrogen and oxygen atoms in total. The van der Waals surface area contributed by atoms with Crippen molar-refractivity contribution in [2.45, 2.75) is 19.8 Å². The first-order chi connectivity index (χ1) is 7.29. The molecule has 2 rings (SSSR count). The molecule has 1 aromatic rings. The number of piperidine rings is 1. The Morgan fingerprint density at radius 1 is 1.25 bits per heavy atom. The number of Topliss-reactive ketones (excluding diaryl/α,β-unsaturated/α-hetero) is 1. The Morgan fingerprint density at radius 3 is 2.50 bits per heavy atom. The monoisotopic (exact) mass is 283 g/mol. The zero-order chi connectivity index (χ0) is 10.7. The smallest absolute Gasteiger partial charge is 0.166 e. The van der Waals surface area contributed by atoms with E-state index in [4.69, 9.17) is 0 Å². The molecule has 0 atom stereocenters. The molecule has 16 heavy (non-hydrogen) atoms. The molecule has 1 saturated heterocycles. The molecular formula is C13H18BrNO. The zero-order valence-corrected chi connectivity index (χ0v) is 11.2. The number of benzene rings is 1. The lowest BCUT2D eigenvalue weighted by Gasteiger charge is -2.21. The number of hydrogen-bond donors (Lipinski definition) is 1. The molecule has 0 saturated carbocycles.